The third kappa shape index (κ3) is 5.50. The molecule has 1 heterocycles. The first-order valence-corrected chi connectivity index (χ1v) is 6.15. The molecule has 0 aliphatic carbocycles. The summed E-state index contributed by atoms with van der Waals surface area (Å²) in [5.74, 6) is 0.769. The number of hydrogen-bond donors (Lipinski definition) is 2. The van der Waals surface area contributed by atoms with Gasteiger partial charge in [-0.3, -0.25) is 0 Å². The molecule has 2 atom stereocenters. The van der Waals surface area contributed by atoms with E-state index in [4.69, 9.17) is 4.74 Å². The van der Waals surface area contributed by atoms with Crippen molar-refractivity contribution in [2.45, 2.75) is 45.1 Å². The molecule has 1 saturated heterocycles. The first kappa shape index (κ1) is 12.9. The van der Waals surface area contributed by atoms with Gasteiger partial charge in [0.05, 0.1) is 12.2 Å². The molecular weight excluding hydrogens is 190 g/mol. The van der Waals surface area contributed by atoms with Gasteiger partial charge < -0.3 is 15.2 Å². The second kappa shape index (κ2) is 6.46. The van der Waals surface area contributed by atoms with Gasteiger partial charge in [-0.05, 0) is 51.6 Å². The fourth-order valence-electron chi connectivity index (χ4n) is 1.81. The molecule has 3 nitrogen and oxygen atoms in total. The quantitative estimate of drug-likeness (QED) is 0.661. The molecule has 3 heteroatoms. The molecule has 15 heavy (non-hydrogen) atoms. The van der Waals surface area contributed by atoms with Crippen LogP contribution in [0.3, 0.4) is 0 Å². The normalized spacial score (nSPS) is 26.2. The summed E-state index contributed by atoms with van der Waals surface area (Å²) in [4.78, 5) is 0. The van der Waals surface area contributed by atoms with Crippen molar-refractivity contribution in [3.63, 3.8) is 0 Å². The number of aliphatic hydroxyl groups is 1. The Hall–Kier alpha value is -0.120. The van der Waals surface area contributed by atoms with Gasteiger partial charge in [-0.2, -0.15) is 0 Å². The van der Waals surface area contributed by atoms with Crippen molar-refractivity contribution in [3.8, 4) is 0 Å². The van der Waals surface area contributed by atoms with E-state index in [1.807, 2.05) is 13.8 Å². The van der Waals surface area contributed by atoms with Gasteiger partial charge in [0.2, 0.25) is 0 Å². The van der Waals surface area contributed by atoms with Crippen LogP contribution in [-0.2, 0) is 4.74 Å². The number of rotatable bonds is 6. The van der Waals surface area contributed by atoms with Crippen LogP contribution < -0.4 is 5.32 Å². The van der Waals surface area contributed by atoms with Crippen LogP contribution in [0.1, 0.15) is 39.5 Å². The first-order chi connectivity index (χ1) is 7.14. The molecule has 0 spiro atoms. The monoisotopic (exact) mass is 215 g/mol. The molecule has 0 saturated carbocycles. The summed E-state index contributed by atoms with van der Waals surface area (Å²) in [6.07, 6.45) is 4.47. The molecule has 1 aliphatic heterocycles. The maximum Gasteiger partial charge on any atom is 0.0849 e. The molecule has 0 radical (unpaired) electrons. The molecule has 0 aromatic rings. The summed E-state index contributed by atoms with van der Waals surface area (Å²) >= 11 is 0. The van der Waals surface area contributed by atoms with Gasteiger partial charge in [0.1, 0.15) is 0 Å². The van der Waals surface area contributed by atoms with Gasteiger partial charge in [0, 0.05) is 6.61 Å². The van der Waals surface area contributed by atoms with Crippen molar-refractivity contribution in [2.24, 2.45) is 5.92 Å². The fourth-order valence-corrected chi connectivity index (χ4v) is 1.81. The van der Waals surface area contributed by atoms with Crippen molar-refractivity contribution < 1.29 is 9.84 Å². The average Bonchev–Trinajstić information content (AvgIpc) is 2.26. The third-order valence-electron chi connectivity index (χ3n) is 3.24. The van der Waals surface area contributed by atoms with E-state index in [-0.39, 0.29) is 0 Å². The fraction of sp³-hybridized carbons (Fsp3) is 1.00. The lowest BCUT2D eigenvalue weighted by molar-refractivity contribution is -0.0387. The number of nitrogens with one attached hydrogen (secondary N) is 1. The van der Waals surface area contributed by atoms with Gasteiger partial charge in [-0.25, -0.2) is 0 Å². The van der Waals surface area contributed by atoms with E-state index in [0.717, 1.165) is 31.9 Å². The third-order valence-corrected chi connectivity index (χ3v) is 3.24. The SMILES string of the molecule is CCC(C)(O)COCCC1CCCNC1. The maximum atomic E-state index is 9.72. The smallest absolute Gasteiger partial charge is 0.0849 e. The van der Waals surface area contributed by atoms with Gasteiger partial charge >= 0.3 is 0 Å². The summed E-state index contributed by atoms with van der Waals surface area (Å²) in [5.41, 5.74) is -0.648. The van der Waals surface area contributed by atoms with Crippen LogP contribution >= 0.6 is 0 Å². The van der Waals surface area contributed by atoms with Crippen molar-refractivity contribution in [3.05, 3.63) is 0 Å². The molecule has 1 rings (SSSR count). The zero-order valence-corrected chi connectivity index (χ0v) is 10.1. The molecule has 0 aromatic heterocycles. The zero-order chi connectivity index (χ0) is 11.1. The lowest BCUT2D eigenvalue weighted by Gasteiger charge is -2.24. The highest BCUT2D eigenvalue weighted by atomic mass is 16.5. The number of piperidine rings is 1. The van der Waals surface area contributed by atoms with Crippen LogP contribution in [0.4, 0.5) is 0 Å². The van der Waals surface area contributed by atoms with Crippen LogP contribution in [-0.4, -0.2) is 37.0 Å². The summed E-state index contributed by atoms with van der Waals surface area (Å²) in [7, 11) is 0. The van der Waals surface area contributed by atoms with E-state index in [1.165, 1.54) is 19.4 Å². The van der Waals surface area contributed by atoms with Crippen LogP contribution in [0.15, 0.2) is 0 Å². The Morgan fingerprint density at radius 3 is 2.93 bits per heavy atom. The maximum absolute atomic E-state index is 9.72. The largest absolute Gasteiger partial charge is 0.388 e. The first-order valence-electron chi connectivity index (χ1n) is 6.15. The van der Waals surface area contributed by atoms with Crippen molar-refractivity contribution in [1.29, 1.82) is 0 Å². The predicted octanol–water partition coefficient (Wildman–Crippen LogP) is 1.55. The van der Waals surface area contributed by atoms with Crippen molar-refractivity contribution >= 4 is 0 Å². The Balaban J connectivity index is 2.00. The van der Waals surface area contributed by atoms with E-state index in [0.29, 0.717) is 6.61 Å². The zero-order valence-electron chi connectivity index (χ0n) is 10.1. The van der Waals surface area contributed by atoms with Crippen LogP contribution in [0.2, 0.25) is 0 Å². The van der Waals surface area contributed by atoms with Crippen molar-refractivity contribution in [2.75, 3.05) is 26.3 Å². The molecular formula is C12H25NO2. The summed E-state index contributed by atoms with van der Waals surface area (Å²) in [6.45, 7) is 7.35. The minimum Gasteiger partial charge on any atom is -0.388 e. The van der Waals surface area contributed by atoms with Crippen LogP contribution in [0, 0.1) is 5.92 Å². The number of hydrogen-bond acceptors (Lipinski definition) is 3. The van der Waals surface area contributed by atoms with Crippen LogP contribution in [0.5, 0.6) is 0 Å². The lowest BCUT2D eigenvalue weighted by atomic mass is 9.97. The van der Waals surface area contributed by atoms with Crippen molar-refractivity contribution in [1.82, 2.24) is 5.32 Å². The molecule has 0 bridgehead atoms. The minimum absolute atomic E-state index is 0.462. The van der Waals surface area contributed by atoms with E-state index in [2.05, 4.69) is 5.32 Å². The molecule has 2 unspecified atom stereocenters. The van der Waals surface area contributed by atoms with E-state index < -0.39 is 5.60 Å². The lowest BCUT2D eigenvalue weighted by Crippen LogP contribution is -2.32. The highest BCUT2D eigenvalue weighted by Crippen LogP contribution is 2.15. The number of ether oxygens (including phenoxy) is 1. The Labute approximate surface area is 93.2 Å². The Kier molecular flexibility index (Phi) is 5.58. The van der Waals surface area contributed by atoms with E-state index in [9.17, 15) is 5.11 Å². The molecule has 90 valence electrons. The molecule has 2 N–H and O–H groups in total. The second-order valence-electron chi connectivity index (χ2n) is 4.90. The topological polar surface area (TPSA) is 41.5 Å². The summed E-state index contributed by atoms with van der Waals surface area (Å²) in [5, 5.41) is 13.1. The second-order valence-corrected chi connectivity index (χ2v) is 4.90. The van der Waals surface area contributed by atoms with Gasteiger partial charge in [0.25, 0.3) is 0 Å². The van der Waals surface area contributed by atoms with Crippen LogP contribution in [0.25, 0.3) is 0 Å². The highest BCUT2D eigenvalue weighted by Gasteiger charge is 2.18. The summed E-state index contributed by atoms with van der Waals surface area (Å²) < 4.78 is 5.51. The van der Waals surface area contributed by atoms with E-state index in [1.54, 1.807) is 0 Å². The van der Waals surface area contributed by atoms with E-state index >= 15 is 0 Å². The van der Waals surface area contributed by atoms with Gasteiger partial charge in [0.15, 0.2) is 0 Å². The molecule has 0 amide bonds. The predicted molar refractivity (Wildman–Crippen MR) is 61.9 cm³/mol. The standard InChI is InChI=1S/C12H25NO2/c1-3-12(2,14)10-15-8-6-11-5-4-7-13-9-11/h11,13-14H,3-10H2,1-2H3. The molecule has 0 aromatic carbocycles. The van der Waals surface area contributed by atoms with Gasteiger partial charge in [-0.1, -0.05) is 6.92 Å². The highest BCUT2D eigenvalue weighted by molar-refractivity contribution is 4.70. The minimum atomic E-state index is -0.648. The Morgan fingerprint density at radius 1 is 1.53 bits per heavy atom. The molecule has 1 fully saturated rings. The molecule has 1 aliphatic rings. The summed E-state index contributed by atoms with van der Waals surface area (Å²) in [6, 6.07) is 0. The Morgan fingerprint density at radius 2 is 2.33 bits per heavy atom. The average molecular weight is 215 g/mol. The van der Waals surface area contributed by atoms with Gasteiger partial charge in [-0.15, -0.1) is 0 Å². The Bertz CT molecular complexity index is 165.